The molecule has 2 aromatic rings. The number of ether oxygens (including phenoxy) is 3. The average molecular weight is 497 g/mol. The number of piperazine rings is 1. The molecule has 194 valence electrons. The fraction of sp³-hybridized carbons (Fsp3) is 0.464. The van der Waals surface area contributed by atoms with Crippen LogP contribution in [0.25, 0.3) is 0 Å². The van der Waals surface area contributed by atoms with E-state index >= 15 is 0 Å². The van der Waals surface area contributed by atoms with Crippen molar-refractivity contribution in [2.24, 2.45) is 11.8 Å². The van der Waals surface area contributed by atoms with Crippen LogP contribution in [0.4, 0.5) is 0 Å². The molecule has 0 aliphatic carbocycles. The quantitative estimate of drug-likeness (QED) is 0.467. The predicted molar refractivity (Wildman–Crippen MR) is 135 cm³/mol. The number of hydrogen-bond donors (Lipinski definition) is 0. The Morgan fingerprint density at radius 1 is 0.778 bits per heavy atom. The molecule has 0 bridgehead atoms. The van der Waals surface area contributed by atoms with E-state index in [2.05, 4.69) is 0 Å². The summed E-state index contributed by atoms with van der Waals surface area (Å²) in [6.07, 6.45) is 0. The van der Waals surface area contributed by atoms with E-state index in [0.29, 0.717) is 11.5 Å². The summed E-state index contributed by atoms with van der Waals surface area (Å²) in [6.45, 7) is 7.87. The van der Waals surface area contributed by atoms with Crippen molar-refractivity contribution in [3.05, 3.63) is 59.7 Å². The largest absolute Gasteiger partial charge is 0.497 e. The van der Waals surface area contributed by atoms with Crippen molar-refractivity contribution in [1.82, 2.24) is 9.80 Å². The average Bonchev–Trinajstić information content (AvgIpc) is 2.87. The lowest BCUT2D eigenvalue weighted by Gasteiger charge is -2.47. The van der Waals surface area contributed by atoms with Gasteiger partial charge in [-0.15, -0.1) is 0 Å². The summed E-state index contributed by atoms with van der Waals surface area (Å²) in [6, 6.07) is 13.1. The number of amides is 2. The van der Waals surface area contributed by atoms with Crippen LogP contribution in [0.15, 0.2) is 48.5 Å². The number of carbonyl (C=O) groups excluding carboxylic acids is 3. The Balaban J connectivity index is 2.00. The molecule has 0 saturated carbocycles. The van der Waals surface area contributed by atoms with E-state index in [0.717, 1.165) is 11.1 Å². The number of carbonyl (C=O) groups is 3. The van der Waals surface area contributed by atoms with Gasteiger partial charge < -0.3 is 24.0 Å². The van der Waals surface area contributed by atoms with E-state index in [1.54, 1.807) is 37.9 Å². The van der Waals surface area contributed by atoms with Crippen molar-refractivity contribution in [2.45, 2.75) is 52.9 Å². The lowest BCUT2D eigenvalue weighted by atomic mass is 9.89. The molecule has 1 fully saturated rings. The van der Waals surface area contributed by atoms with Crippen molar-refractivity contribution in [2.75, 3.05) is 20.8 Å². The molecule has 0 unspecified atom stereocenters. The van der Waals surface area contributed by atoms with Crippen LogP contribution in [0, 0.1) is 11.8 Å². The Labute approximate surface area is 213 Å². The Morgan fingerprint density at radius 2 is 1.19 bits per heavy atom. The fourth-order valence-corrected chi connectivity index (χ4v) is 4.62. The molecule has 0 N–H and O–H groups in total. The van der Waals surface area contributed by atoms with Gasteiger partial charge in [-0.05, 0) is 55.2 Å². The Morgan fingerprint density at radius 3 is 1.58 bits per heavy atom. The minimum atomic E-state index is -0.980. The molecule has 1 heterocycles. The van der Waals surface area contributed by atoms with Gasteiger partial charge in [-0.1, -0.05) is 38.1 Å². The Kier molecular flexibility index (Phi) is 8.96. The van der Waals surface area contributed by atoms with E-state index in [4.69, 9.17) is 14.2 Å². The first-order valence-electron chi connectivity index (χ1n) is 12.2. The third-order valence-corrected chi connectivity index (χ3v) is 6.53. The van der Waals surface area contributed by atoms with Crippen LogP contribution in [0.2, 0.25) is 0 Å². The molecule has 0 aromatic heterocycles. The topological polar surface area (TPSA) is 85.4 Å². The highest BCUT2D eigenvalue weighted by atomic mass is 16.5. The smallest absolute Gasteiger partial charge is 0.311 e. The standard InChI is InChI=1S/C28H36N2O6/c1-7-36-28(33)19(4)25-27(32)29(16-20-8-12-22(34-5)13-9-20)24(18(2)3)26(31)30(25)17-21-10-14-23(35-6)15-11-21/h8-15,18-19,24-25H,7,16-17H2,1-6H3/t19-,24+,25-/m1/s1. The lowest BCUT2D eigenvalue weighted by Crippen LogP contribution is -2.67. The second-order valence-electron chi connectivity index (χ2n) is 9.30. The normalized spacial score (nSPS) is 18.9. The molecule has 0 radical (unpaired) electrons. The second kappa shape index (κ2) is 11.9. The van der Waals surface area contributed by atoms with Gasteiger partial charge in [0, 0.05) is 13.1 Å². The van der Waals surface area contributed by atoms with Gasteiger partial charge >= 0.3 is 5.97 Å². The van der Waals surface area contributed by atoms with Gasteiger partial charge in [-0.2, -0.15) is 0 Å². The van der Waals surface area contributed by atoms with Crippen LogP contribution >= 0.6 is 0 Å². The lowest BCUT2D eigenvalue weighted by molar-refractivity contribution is -0.172. The van der Waals surface area contributed by atoms with Gasteiger partial charge in [-0.25, -0.2) is 0 Å². The van der Waals surface area contributed by atoms with Crippen LogP contribution < -0.4 is 9.47 Å². The highest BCUT2D eigenvalue weighted by molar-refractivity contribution is 5.99. The number of benzene rings is 2. The predicted octanol–water partition coefficient (Wildman–Crippen LogP) is 3.67. The Bertz CT molecular complexity index is 1050. The van der Waals surface area contributed by atoms with Gasteiger partial charge in [0.2, 0.25) is 11.8 Å². The maximum atomic E-state index is 14.0. The number of rotatable bonds is 10. The van der Waals surface area contributed by atoms with Crippen LogP contribution in [0.1, 0.15) is 38.8 Å². The van der Waals surface area contributed by atoms with Gasteiger partial charge in [0.05, 0.1) is 26.7 Å². The number of esters is 1. The minimum Gasteiger partial charge on any atom is -0.497 e. The van der Waals surface area contributed by atoms with Crippen molar-refractivity contribution in [3.63, 3.8) is 0 Å². The minimum absolute atomic E-state index is 0.128. The van der Waals surface area contributed by atoms with Crippen LogP contribution in [-0.4, -0.2) is 60.5 Å². The van der Waals surface area contributed by atoms with E-state index in [-0.39, 0.29) is 37.4 Å². The summed E-state index contributed by atoms with van der Waals surface area (Å²) in [7, 11) is 3.18. The van der Waals surface area contributed by atoms with Crippen molar-refractivity contribution in [3.8, 4) is 11.5 Å². The molecule has 1 aliphatic heterocycles. The highest BCUT2D eigenvalue weighted by Crippen LogP contribution is 2.31. The monoisotopic (exact) mass is 496 g/mol. The fourth-order valence-electron chi connectivity index (χ4n) is 4.62. The van der Waals surface area contributed by atoms with Crippen LogP contribution in [0.3, 0.4) is 0 Å². The van der Waals surface area contributed by atoms with Gasteiger partial charge in [0.1, 0.15) is 23.6 Å². The summed E-state index contributed by atoms with van der Waals surface area (Å²) in [5.74, 6) is -0.506. The first-order valence-corrected chi connectivity index (χ1v) is 12.2. The van der Waals surface area contributed by atoms with E-state index < -0.39 is 24.0 Å². The highest BCUT2D eigenvalue weighted by Gasteiger charge is 2.50. The second-order valence-corrected chi connectivity index (χ2v) is 9.30. The van der Waals surface area contributed by atoms with E-state index in [1.807, 2.05) is 62.4 Å². The third-order valence-electron chi connectivity index (χ3n) is 6.53. The third kappa shape index (κ3) is 5.80. The number of methoxy groups -OCH3 is 2. The summed E-state index contributed by atoms with van der Waals surface area (Å²) < 4.78 is 15.7. The zero-order valence-corrected chi connectivity index (χ0v) is 21.9. The summed E-state index contributed by atoms with van der Waals surface area (Å²) >= 11 is 0. The maximum absolute atomic E-state index is 14.0. The van der Waals surface area contributed by atoms with E-state index in [1.165, 1.54) is 0 Å². The molecule has 36 heavy (non-hydrogen) atoms. The number of nitrogens with zero attached hydrogens (tertiary/aromatic N) is 2. The van der Waals surface area contributed by atoms with Crippen LogP contribution in [0.5, 0.6) is 11.5 Å². The summed E-state index contributed by atoms with van der Waals surface area (Å²) in [4.78, 5) is 43.9. The molecule has 3 rings (SSSR count). The molecule has 3 atom stereocenters. The molecule has 1 saturated heterocycles. The van der Waals surface area contributed by atoms with Gasteiger partial charge in [-0.3, -0.25) is 14.4 Å². The molecular weight excluding hydrogens is 460 g/mol. The van der Waals surface area contributed by atoms with Crippen molar-refractivity contribution in [1.29, 1.82) is 0 Å². The maximum Gasteiger partial charge on any atom is 0.311 e. The summed E-state index contributed by atoms with van der Waals surface area (Å²) in [5.41, 5.74) is 1.71. The molecule has 1 aliphatic rings. The van der Waals surface area contributed by atoms with Gasteiger partial charge in [0.25, 0.3) is 0 Å². The molecule has 2 aromatic carbocycles. The zero-order chi connectivity index (χ0) is 26.4. The van der Waals surface area contributed by atoms with Crippen LogP contribution in [-0.2, 0) is 32.2 Å². The van der Waals surface area contributed by atoms with Crippen molar-refractivity contribution >= 4 is 17.8 Å². The first-order chi connectivity index (χ1) is 17.2. The van der Waals surface area contributed by atoms with Crippen molar-refractivity contribution < 1.29 is 28.6 Å². The molecule has 8 nitrogen and oxygen atoms in total. The Hall–Kier alpha value is -3.55. The molecule has 8 heteroatoms. The van der Waals surface area contributed by atoms with Gasteiger partial charge in [0.15, 0.2) is 0 Å². The molecule has 2 amide bonds. The molecule has 0 spiro atoms. The SMILES string of the molecule is CCOC(=O)[C@H](C)[C@@H]1C(=O)N(Cc2ccc(OC)cc2)[C@@H](C(C)C)C(=O)N1Cc1ccc(OC)cc1. The van der Waals surface area contributed by atoms with E-state index in [9.17, 15) is 14.4 Å². The zero-order valence-electron chi connectivity index (χ0n) is 21.9. The summed E-state index contributed by atoms with van der Waals surface area (Å²) in [5, 5.41) is 0. The molecular formula is C28H36N2O6. The first kappa shape index (κ1) is 27.0. The number of hydrogen-bond acceptors (Lipinski definition) is 6.